The third-order valence-corrected chi connectivity index (χ3v) is 4.74. The Kier molecular flexibility index (Phi) is 4.76. The fourth-order valence-corrected chi connectivity index (χ4v) is 3.49. The second-order valence-electron chi connectivity index (χ2n) is 6.11. The molecule has 0 amide bonds. The molecule has 0 atom stereocenters. The van der Waals surface area contributed by atoms with E-state index in [0.717, 1.165) is 37.9 Å². The van der Waals surface area contributed by atoms with Gasteiger partial charge in [0, 0.05) is 31.5 Å². The van der Waals surface area contributed by atoms with Gasteiger partial charge in [-0.3, -0.25) is 4.72 Å². The van der Waals surface area contributed by atoms with Crippen LogP contribution in [0, 0.1) is 0 Å². The summed E-state index contributed by atoms with van der Waals surface area (Å²) in [5.41, 5.74) is 8.49. The Labute approximate surface area is 147 Å². The van der Waals surface area contributed by atoms with Gasteiger partial charge in [-0.15, -0.1) is 0 Å². The zero-order valence-electron chi connectivity index (χ0n) is 14.4. The molecule has 1 saturated heterocycles. The zero-order valence-corrected chi connectivity index (χ0v) is 15.3. The van der Waals surface area contributed by atoms with Gasteiger partial charge in [-0.05, 0) is 13.0 Å². The first-order valence-corrected chi connectivity index (χ1v) is 10.2. The van der Waals surface area contributed by atoms with Crippen molar-refractivity contribution in [2.24, 2.45) is 4.99 Å². The van der Waals surface area contributed by atoms with E-state index in [1.807, 2.05) is 25.2 Å². The number of hydrogen-bond donors (Lipinski definition) is 2. The van der Waals surface area contributed by atoms with Gasteiger partial charge in [0.1, 0.15) is 24.6 Å². The smallest absolute Gasteiger partial charge is 0.229 e. The molecule has 2 aliphatic rings. The number of allylic oxidation sites excluding steroid dienone is 3. The Morgan fingerprint density at radius 2 is 2.08 bits per heavy atom. The van der Waals surface area contributed by atoms with Crippen molar-refractivity contribution in [2.45, 2.75) is 26.3 Å². The molecule has 0 bridgehead atoms. The first kappa shape index (κ1) is 17.4. The molecule has 1 aromatic rings. The number of aromatic nitrogens is 2. The Balaban J connectivity index is 2.01. The molecule has 0 saturated carbocycles. The summed E-state index contributed by atoms with van der Waals surface area (Å²) in [6.45, 7) is 4.54. The summed E-state index contributed by atoms with van der Waals surface area (Å²) in [6.07, 6.45) is 10.6. The van der Waals surface area contributed by atoms with Gasteiger partial charge in [0.25, 0.3) is 0 Å². The van der Waals surface area contributed by atoms with Gasteiger partial charge in [-0.25, -0.2) is 22.7 Å². The maximum absolute atomic E-state index is 11.7. The van der Waals surface area contributed by atoms with Crippen molar-refractivity contribution in [3.63, 3.8) is 0 Å². The molecule has 9 heteroatoms. The predicted octanol–water partition coefficient (Wildman–Crippen LogP) is 0.808. The van der Waals surface area contributed by atoms with Gasteiger partial charge < -0.3 is 5.73 Å². The topological polar surface area (TPSA) is 105 Å². The average molecular weight is 363 g/mol. The number of nitrogens with one attached hydrogen (secondary N) is 1. The van der Waals surface area contributed by atoms with Crippen LogP contribution in [0.2, 0.25) is 0 Å². The minimum atomic E-state index is -3.42. The van der Waals surface area contributed by atoms with E-state index in [1.54, 1.807) is 10.9 Å². The normalized spacial score (nSPS) is 19.6. The minimum absolute atomic E-state index is 0.440. The van der Waals surface area contributed by atoms with Crippen molar-refractivity contribution in [3.05, 3.63) is 30.1 Å². The first-order valence-electron chi connectivity index (χ1n) is 8.27. The maximum atomic E-state index is 11.7. The van der Waals surface area contributed by atoms with Crippen LogP contribution in [0.4, 0.5) is 11.5 Å². The molecule has 0 radical (unpaired) electrons. The summed E-state index contributed by atoms with van der Waals surface area (Å²) in [4.78, 5) is 4.51. The first-order chi connectivity index (χ1) is 11.9. The van der Waals surface area contributed by atoms with Crippen LogP contribution in [-0.4, -0.2) is 53.5 Å². The molecule has 0 unspecified atom stereocenters. The van der Waals surface area contributed by atoms with E-state index in [2.05, 4.69) is 19.4 Å². The summed E-state index contributed by atoms with van der Waals surface area (Å²) in [5, 5.41) is 4.17. The van der Waals surface area contributed by atoms with Crippen LogP contribution in [0.15, 0.2) is 35.1 Å². The summed E-state index contributed by atoms with van der Waals surface area (Å²) < 4.78 is 29.9. The molecule has 8 nitrogen and oxygen atoms in total. The number of sulfonamides is 1. The van der Waals surface area contributed by atoms with Crippen molar-refractivity contribution in [2.75, 3.05) is 25.1 Å². The van der Waals surface area contributed by atoms with Crippen LogP contribution in [-0.2, 0) is 16.6 Å². The molecule has 1 aromatic heterocycles. The molecule has 0 spiro atoms. The number of anilines is 1. The third-order valence-electron chi connectivity index (χ3n) is 4.15. The molecule has 2 heterocycles. The van der Waals surface area contributed by atoms with Crippen LogP contribution in [0.5, 0.6) is 0 Å². The van der Waals surface area contributed by atoms with Crippen LogP contribution in [0.1, 0.15) is 19.8 Å². The molecule has 3 N–H and O–H groups in total. The van der Waals surface area contributed by atoms with Gasteiger partial charge >= 0.3 is 0 Å². The number of nitrogens with zero attached hydrogens (tertiary/aromatic N) is 4. The van der Waals surface area contributed by atoms with Gasteiger partial charge in [0.15, 0.2) is 0 Å². The lowest BCUT2D eigenvalue weighted by atomic mass is 10.1. The highest BCUT2D eigenvalue weighted by Gasteiger charge is 2.22. The standard InChI is InChI=1S/C16H22N6O2S/c1-3-22-16(17)15(11-18-22)19-13-7-6-12(21-8-4-5-9-21)10-14(13)20-25(2,23)24/h6-7,10-11H,3-5,8-9H2,1-2H3,(H2,17,18,20)/p+1. The van der Waals surface area contributed by atoms with E-state index in [-0.39, 0.29) is 0 Å². The van der Waals surface area contributed by atoms with Crippen molar-refractivity contribution in [3.8, 4) is 0 Å². The van der Waals surface area contributed by atoms with Crippen LogP contribution in [0.3, 0.4) is 0 Å². The number of nitrogens with two attached hydrogens (primary N) is 1. The van der Waals surface area contributed by atoms with Crippen molar-refractivity contribution >= 4 is 33.0 Å². The predicted molar refractivity (Wildman–Crippen MR) is 98.8 cm³/mol. The summed E-state index contributed by atoms with van der Waals surface area (Å²) in [6, 6.07) is 0. The molecule has 1 fully saturated rings. The number of hydrogen-bond acceptors (Lipinski definition) is 5. The summed E-state index contributed by atoms with van der Waals surface area (Å²) >= 11 is 0. The van der Waals surface area contributed by atoms with Gasteiger partial charge in [0.05, 0.1) is 23.9 Å². The molecular weight excluding hydrogens is 340 g/mol. The van der Waals surface area contributed by atoms with Crippen LogP contribution < -0.4 is 10.5 Å². The lowest BCUT2D eigenvalue weighted by molar-refractivity contribution is -0.504. The van der Waals surface area contributed by atoms with E-state index in [9.17, 15) is 8.42 Å². The highest BCUT2D eigenvalue weighted by atomic mass is 32.2. The molecule has 1 aliphatic heterocycles. The molecule has 3 rings (SSSR count). The van der Waals surface area contributed by atoms with E-state index < -0.39 is 10.0 Å². The highest BCUT2D eigenvalue weighted by molar-refractivity contribution is 7.88. The summed E-state index contributed by atoms with van der Waals surface area (Å²) in [7, 11) is -3.42. The molecular formula is C16H23N6O2S+. The second-order valence-corrected chi connectivity index (χ2v) is 7.86. The van der Waals surface area contributed by atoms with E-state index in [0.29, 0.717) is 29.5 Å². The Bertz CT molecular complexity index is 897. The van der Waals surface area contributed by atoms with Crippen LogP contribution >= 0.6 is 0 Å². The number of aliphatic imine (C=N–C) groups is 1. The van der Waals surface area contributed by atoms with Gasteiger partial charge in [-0.2, -0.15) is 5.10 Å². The molecule has 25 heavy (non-hydrogen) atoms. The Morgan fingerprint density at radius 1 is 1.36 bits per heavy atom. The Hall–Kier alpha value is -2.42. The lowest BCUT2D eigenvalue weighted by Crippen LogP contribution is -2.29. The fourth-order valence-electron chi connectivity index (χ4n) is 2.93. The second kappa shape index (κ2) is 6.83. The number of aryl methyl sites for hydroxylation is 1. The molecule has 1 aliphatic carbocycles. The zero-order chi connectivity index (χ0) is 18.0. The van der Waals surface area contributed by atoms with Crippen LogP contribution in [0.25, 0.3) is 0 Å². The third kappa shape index (κ3) is 3.98. The van der Waals surface area contributed by atoms with E-state index in [4.69, 9.17) is 5.73 Å². The number of rotatable bonds is 4. The van der Waals surface area contributed by atoms with Gasteiger partial charge in [-0.1, -0.05) is 0 Å². The minimum Gasteiger partial charge on any atom is -0.382 e. The quantitative estimate of drug-likeness (QED) is 0.610. The summed E-state index contributed by atoms with van der Waals surface area (Å²) in [5.74, 6) is 0.455. The Morgan fingerprint density at radius 3 is 2.68 bits per heavy atom. The highest BCUT2D eigenvalue weighted by Crippen LogP contribution is 2.23. The van der Waals surface area contributed by atoms with Gasteiger partial charge in [0.2, 0.25) is 15.7 Å². The largest absolute Gasteiger partial charge is 0.382 e. The monoisotopic (exact) mass is 363 g/mol. The van der Waals surface area contributed by atoms with Crippen molar-refractivity contribution in [1.82, 2.24) is 14.5 Å². The van der Waals surface area contributed by atoms with Crippen molar-refractivity contribution < 1.29 is 13.0 Å². The van der Waals surface area contributed by atoms with E-state index in [1.165, 1.54) is 0 Å². The van der Waals surface area contributed by atoms with E-state index >= 15 is 0 Å². The average Bonchev–Trinajstić information content (AvgIpc) is 3.18. The SMILES string of the molecule is CCn1ncc(/N=C2/C=CC(=[N+]3CCCC3)C=C2NS(C)(=O)=O)c1N. The fraction of sp³-hybridized carbons (Fsp3) is 0.438. The lowest BCUT2D eigenvalue weighted by Gasteiger charge is -2.13. The van der Waals surface area contributed by atoms with Crippen molar-refractivity contribution in [1.29, 1.82) is 0 Å². The molecule has 134 valence electrons. The molecule has 0 aromatic carbocycles. The maximum Gasteiger partial charge on any atom is 0.229 e. The number of nitrogen functional groups attached to an aromatic ring is 1.